The van der Waals surface area contributed by atoms with E-state index in [0.29, 0.717) is 31.7 Å². The molecule has 1 aliphatic rings. The second-order valence-electron chi connectivity index (χ2n) is 7.90. The SMILES string of the molecule is O=C(CCc1ccc(F)cc1)CCc1[nH]nc2ccnc(NC3CCCCC3)c12. The van der Waals surface area contributed by atoms with Crippen molar-refractivity contribution in [1.29, 1.82) is 0 Å². The highest BCUT2D eigenvalue weighted by Crippen LogP contribution is 2.27. The zero-order chi connectivity index (χ0) is 20.1. The Morgan fingerprint density at radius 1 is 1.07 bits per heavy atom. The summed E-state index contributed by atoms with van der Waals surface area (Å²) in [7, 11) is 0. The molecule has 2 heterocycles. The van der Waals surface area contributed by atoms with Gasteiger partial charge in [0.05, 0.1) is 10.9 Å². The van der Waals surface area contributed by atoms with Gasteiger partial charge in [0, 0.05) is 30.8 Å². The van der Waals surface area contributed by atoms with Crippen molar-refractivity contribution in [3.05, 3.63) is 53.6 Å². The van der Waals surface area contributed by atoms with Crippen LogP contribution in [0.4, 0.5) is 10.2 Å². The lowest BCUT2D eigenvalue weighted by atomic mass is 9.95. The molecule has 0 spiro atoms. The molecule has 1 fully saturated rings. The number of fused-ring (bicyclic) bond motifs is 1. The van der Waals surface area contributed by atoms with E-state index < -0.39 is 0 Å². The van der Waals surface area contributed by atoms with E-state index in [1.165, 1.54) is 44.2 Å². The van der Waals surface area contributed by atoms with Crippen molar-refractivity contribution in [2.75, 3.05) is 5.32 Å². The lowest BCUT2D eigenvalue weighted by Gasteiger charge is -2.23. The van der Waals surface area contributed by atoms with Crippen molar-refractivity contribution in [3.63, 3.8) is 0 Å². The Balaban J connectivity index is 1.38. The highest BCUT2D eigenvalue weighted by molar-refractivity contribution is 5.92. The lowest BCUT2D eigenvalue weighted by Crippen LogP contribution is -2.23. The summed E-state index contributed by atoms with van der Waals surface area (Å²) in [6, 6.07) is 8.70. The number of hydrogen-bond acceptors (Lipinski definition) is 4. The number of carbonyl (C=O) groups excluding carboxylic acids is 1. The zero-order valence-corrected chi connectivity index (χ0v) is 16.6. The number of hydrogen-bond donors (Lipinski definition) is 2. The van der Waals surface area contributed by atoms with Crippen LogP contribution in [0.2, 0.25) is 0 Å². The van der Waals surface area contributed by atoms with Crippen LogP contribution in [0, 0.1) is 5.82 Å². The average molecular weight is 394 g/mol. The maximum absolute atomic E-state index is 13.0. The monoisotopic (exact) mass is 394 g/mol. The van der Waals surface area contributed by atoms with E-state index in [1.54, 1.807) is 18.3 Å². The van der Waals surface area contributed by atoms with Crippen LogP contribution in [-0.2, 0) is 17.6 Å². The molecular formula is C23H27FN4O. The number of anilines is 1. The third-order valence-electron chi connectivity index (χ3n) is 5.75. The molecule has 1 saturated carbocycles. The fourth-order valence-electron chi connectivity index (χ4n) is 4.08. The predicted octanol–water partition coefficient (Wildman–Crippen LogP) is 4.98. The number of pyridine rings is 1. The summed E-state index contributed by atoms with van der Waals surface area (Å²) in [5.74, 6) is 0.817. The maximum atomic E-state index is 13.0. The number of carbonyl (C=O) groups is 1. The van der Waals surface area contributed by atoms with Gasteiger partial charge in [-0.05, 0) is 49.4 Å². The van der Waals surface area contributed by atoms with Crippen LogP contribution in [-0.4, -0.2) is 27.0 Å². The minimum atomic E-state index is -0.252. The van der Waals surface area contributed by atoms with Crippen LogP contribution >= 0.6 is 0 Å². The molecule has 3 aromatic rings. The summed E-state index contributed by atoms with van der Waals surface area (Å²) in [6.45, 7) is 0. The largest absolute Gasteiger partial charge is 0.367 e. The third kappa shape index (κ3) is 5.00. The first-order valence-corrected chi connectivity index (χ1v) is 10.5. The first-order valence-electron chi connectivity index (χ1n) is 10.5. The van der Waals surface area contributed by atoms with Gasteiger partial charge < -0.3 is 5.32 Å². The Kier molecular flexibility index (Phi) is 6.17. The van der Waals surface area contributed by atoms with Gasteiger partial charge in [0.15, 0.2) is 0 Å². The van der Waals surface area contributed by atoms with E-state index in [1.807, 2.05) is 6.07 Å². The summed E-state index contributed by atoms with van der Waals surface area (Å²) in [6.07, 6.45) is 10.1. The fraction of sp³-hybridized carbons (Fsp3) is 0.435. The van der Waals surface area contributed by atoms with E-state index in [4.69, 9.17) is 0 Å². The van der Waals surface area contributed by atoms with Gasteiger partial charge in [-0.3, -0.25) is 9.89 Å². The van der Waals surface area contributed by atoms with Crippen LogP contribution in [0.25, 0.3) is 10.9 Å². The standard InChI is InChI=1S/C23H27FN4O/c24-17-9-6-16(7-10-17)8-11-19(29)12-13-20-22-21(28-27-20)14-15-25-23(22)26-18-4-2-1-3-5-18/h6-7,9-10,14-15,18H,1-5,8,11-13H2,(H,25,26)(H,27,28). The summed E-state index contributed by atoms with van der Waals surface area (Å²) in [5.41, 5.74) is 2.82. The van der Waals surface area contributed by atoms with E-state index in [2.05, 4.69) is 20.5 Å². The molecule has 1 aliphatic carbocycles. The van der Waals surface area contributed by atoms with Crippen LogP contribution in [0.3, 0.4) is 0 Å². The summed E-state index contributed by atoms with van der Waals surface area (Å²) in [4.78, 5) is 16.9. The Bertz CT molecular complexity index is 961. The van der Waals surface area contributed by atoms with Gasteiger partial charge in [-0.2, -0.15) is 5.10 Å². The number of aryl methyl sites for hydroxylation is 2. The van der Waals surface area contributed by atoms with Gasteiger partial charge in [-0.15, -0.1) is 0 Å². The summed E-state index contributed by atoms with van der Waals surface area (Å²) in [5, 5.41) is 12.1. The number of ketones is 1. The number of aromatic nitrogens is 3. The Hall–Kier alpha value is -2.76. The summed E-state index contributed by atoms with van der Waals surface area (Å²) < 4.78 is 13.0. The van der Waals surface area contributed by atoms with E-state index in [0.717, 1.165) is 28.0 Å². The molecule has 0 aliphatic heterocycles. The van der Waals surface area contributed by atoms with Crippen LogP contribution in [0.1, 0.15) is 56.2 Å². The van der Waals surface area contributed by atoms with Crippen LogP contribution < -0.4 is 5.32 Å². The molecule has 29 heavy (non-hydrogen) atoms. The van der Waals surface area contributed by atoms with Gasteiger partial charge in [-0.25, -0.2) is 9.37 Å². The highest BCUT2D eigenvalue weighted by Gasteiger charge is 2.18. The second kappa shape index (κ2) is 9.16. The number of nitrogens with one attached hydrogen (secondary N) is 2. The van der Waals surface area contributed by atoms with Gasteiger partial charge in [0.25, 0.3) is 0 Å². The number of benzene rings is 1. The highest BCUT2D eigenvalue weighted by atomic mass is 19.1. The second-order valence-corrected chi connectivity index (χ2v) is 7.90. The smallest absolute Gasteiger partial charge is 0.137 e. The number of H-pyrrole nitrogens is 1. The van der Waals surface area contributed by atoms with Gasteiger partial charge in [0.1, 0.15) is 17.4 Å². The number of nitrogens with zero attached hydrogens (tertiary/aromatic N) is 2. The lowest BCUT2D eigenvalue weighted by molar-refractivity contribution is -0.119. The molecule has 0 saturated heterocycles. The molecule has 6 heteroatoms. The summed E-state index contributed by atoms with van der Waals surface area (Å²) >= 11 is 0. The van der Waals surface area contributed by atoms with Gasteiger partial charge in [-0.1, -0.05) is 31.4 Å². The Morgan fingerprint density at radius 2 is 1.83 bits per heavy atom. The predicted molar refractivity (Wildman–Crippen MR) is 112 cm³/mol. The average Bonchev–Trinajstić information content (AvgIpc) is 3.17. The molecule has 0 amide bonds. The zero-order valence-electron chi connectivity index (χ0n) is 16.6. The normalized spacial score (nSPS) is 14.9. The van der Waals surface area contributed by atoms with Crippen molar-refractivity contribution >= 4 is 22.5 Å². The molecule has 0 atom stereocenters. The minimum Gasteiger partial charge on any atom is -0.367 e. The van der Waals surface area contributed by atoms with Crippen molar-refractivity contribution in [2.24, 2.45) is 0 Å². The Labute approximate surface area is 170 Å². The quantitative estimate of drug-likeness (QED) is 0.565. The third-order valence-corrected chi connectivity index (χ3v) is 5.75. The van der Waals surface area contributed by atoms with Gasteiger partial charge in [0.2, 0.25) is 0 Å². The topological polar surface area (TPSA) is 70.7 Å². The molecule has 0 radical (unpaired) electrons. The first kappa shape index (κ1) is 19.6. The van der Waals surface area contributed by atoms with E-state index in [9.17, 15) is 9.18 Å². The molecule has 2 N–H and O–H groups in total. The number of halogens is 1. The molecule has 0 bridgehead atoms. The molecular weight excluding hydrogens is 367 g/mol. The van der Waals surface area contributed by atoms with Crippen LogP contribution in [0.5, 0.6) is 0 Å². The molecule has 4 rings (SSSR count). The van der Waals surface area contributed by atoms with Crippen molar-refractivity contribution in [3.8, 4) is 0 Å². The maximum Gasteiger partial charge on any atom is 0.137 e. The number of Topliss-reactive ketones (excluding diaryl/α,β-unsaturated/α-hetero) is 1. The van der Waals surface area contributed by atoms with Crippen molar-refractivity contribution in [2.45, 2.75) is 63.8 Å². The van der Waals surface area contributed by atoms with E-state index in [-0.39, 0.29) is 11.6 Å². The molecule has 152 valence electrons. The number of aromatic amines is 1. The molecule has 0 unspecified atom stereocenters. The number of rotatable bonds is 8. The fourth-order valence-corrected chi connectivity index (χ4v) is 4.08. The molecule has 5 nitrogen and oxygen atoms in total. The van der Waals surface area contributed by atoms with Crippen LogP contribution in [0.15, 0.2) is 36.5 Å². The van der Waals surface area contributed by atoms with E-state index >= 15 is 0 Å². The molecule has 1 aromatic carbocycles. The Morgan fingerprint density at radius 3 is 2.62 bits per heavy atom. The van der Waals surface area contributed by atoms with Crippen molar-refractivity contribution in [1.82, 2.24) is 15.2 Å². The van der Waals surface area contributed by atoms with Crippen molar-refractivity contribution < 1.29 is 9.18 Å². The van der Waals surface area contributed by atoms with Gasteiger partial charge >= 0.3 is 0 Å². The minimum absolute atomic E-state index is 0.197. The molecule has 2 aromatic heterocycles. The first-order chi connectivity index (χ1) is 14.2.